The van der Waals surface area contributed by atoms with E-state index < -0.39 is 0 Å². The Morgan fingerprint density at radius 3 is 2.91 bits per heavy atom. The van der Waals surface area contributed by atoms with Crippen LogP contribution in [-0.4, -0.2) is 26.9 Å². The number of hydrogen-bond donors (Lipinski definition) is 1. The minimum Gasteiger partial charge on any atom is -0.314 e. The molecule has 0 spiro atoms. The molecular formula is C18H27N4S+. The number of hydrogen-bond acceptors (Lipinski definition) is 2. The highest BCUT2D eigenvalue weighted by molar-refractivity contribution is 7.71. The molecule has 0 amide bonds. The van der Waals surface area contributed by atoms with Crippen molar-refractivity contribution in [2.45, 2.75) is 59.2 Å². The quantitative estimate of drug-likeness (QED) is 0.872. The minimum atomic E-state index is 0.747. The van der Waals surface area contributed by atoms with Gasteiger partial charge in [-0.3, -0.25) is 4.57 Å². The number of nitrogens with one attached hydrogen (secondary N) is 1. The summed E-state index contributed by atoms with van der Waals surface area (Å²) >= 11 is 5.70. The third-order valence-electron chi connectivity index (χ3n) is 5.08. The highest BCUT2D eigenvalue weighted by atomic mass is 32.1. The average molecular weight is 332 g/mol. The summed E-state index contributed by atoms with van der Waals surface area (Å²) in [7, 11) is 0. The first kappa shape index (κ1) is 16.4. The molecule has 1 aliphatic rings. The molecule has 0 bridgehead atoms. The van der Waals surface area contributed by atoms with Crippen LogP contribution in [-0.2, 0) is 6.67 Å². The molecule has 2 heterocycles. The summed E-state index contributed by atoms with van der Waals surface area (Å²) in [5, 5.41) is 4.58. The highest BCUT2D eigenvalue weighted by Crippen LogP contribution is 2.16. The number of rotatable bonds is 4. The lowest BCUT2D eigenvalue weighted by molar-refractivity contribution is -0.953. The third kappa shape index (κ3) is 3.40. The first-order chi connectivity index (χ1) is 11.1. The van der Waals surface area contributed by atoms with Crippen LogP contribution in [0.4, 0.5) is 0 Å². The number of nitrogens with zero attached hydrogens (tertiary/aromatic N) is 3. The fourth-order valence-corrected chi connectivity index (χ4v) is 3.89. The molecule has 5 heteroatoms. The van der Waals surface area contributed by atoms with Crippen LogP contribution in [0.2, 0.25) is 0 Å². The summed E-state index contributed by atoms with van der Waals surface area (Å²) in [6.07, 6.45) is 7.12. The molecule has 124 valence electrons. The first-order valence-electron chi connectivity index (χ1n) is 8.66. The molecule has 2 aromatic rings. The summed E-state index contributed by atoms with van der Waals surface area (Å²) in [5.74, 6) is 0. The molecular weight excluding hydrogens is 304 g/mol. The van der Waals surface area contributed by atoms with Gasteiger partial charge in [-0.1, -0.05) is 19.1 Å². The van der Waals surface area contributed by atoms with Crippen LogP contribution in [0.3, 0.4) is 0 Å². The van der Waals surface area contributed by atoms with Gasteiger partial charge in [-0.25, -0.2) is 0 Å². The molecule has 23 heavy (non-hydrogen) atoms. The van der Waals surface area contributed by atoms with Crippen molar-refractivity contribution in [2.24, 2.45) is 0 Å². The second-order valence-corrected chi connectivity index (χ2v) is 7.11. The minimum absolute atomic E-state index is 0.747. The molecule has 1 fully saturated rings. The normalized spacial score (nSPS) is 21.5. The Morgan fingerprint density at radius 2 is 2.13 bits per heavy atom. The molecule has 4 nitrogen and oxygen atoms in total. The highest BCUT2D eigenvalue weighted by Gasteiger charge is 2.25. The molecule has 2 atom stereocenters. The topological polar surface area (TPSA) is 27.2 Å². The van der Waals surface area contributed by atoms with Crippen LogP contribution in [0.15, 0.2) is 24.5 Å². The molecule has 0 saturated carbocycles. The number of benzene rings is 1. The van der Waals surface area contributed by atoms with Crippen LogP contribution >= 0.6 is 12.2 Å². The van der Waals surface area contributed by atoms with Crippen molar-refractivity contribution in [3.05, 3.63) is 40.4 Å². The summed E-state index contributed by atoms with van der Waals surface area (Å²) in [6.45, 7) is 8.65. The maximum absolute atomic E-state index is 5.70. The van der Waals surface area contributed by atoms with E-state index in [-0.39, 0.29) is 0 Å². The van der Waals surface area contributed by atoms with E-state index in [1.807, 2.05) is 15.6 Å². The predicted octanol–water partition coefficient (Wildman–Crippen LogP) is 2.83. The number of aromatic nitrogens is 3. The molecule has 1 aliphatic heterocycles. The standard InChI is InChI=1S/C18H26N4S/c1-4-16-7-5-6-10-20(16)13-22-18(23)21(12-19-22)17-11-14(2)8-9-15(17)3/h8-9,11-12,16H,4-7,10,13H2,1-3H3/p+1/t16-/m0/s1. The van der Waals surface area contributed by atoms with Crippen molar-refractivity contribution in [2.75, 3.05) is 6.54 Å². The van der Waals surface area contributed by atoms with Gasteiger partial charge in [0.2, 0.25) is 4.77 Å². The lowest BCUT2D eigenvalue weighted by Gasteiger charge is -2.31. The maximum Gasteiger partial charge on any atom is 0.207 e. The van der Waals surface area contributed by atoms with Crippen LogP contribution < -0.4 is 4.90 Å². The summed E-state index contributed by atoms with van der Waals surface area (Å²) in [6, 6.07) is 7.21. The Labute approximate surface area is 143 Å². The smallest absolute Gasteiger partial charge is 0.207 e. The molecule has 1 aromatic carbocycles. The van der Waals surface area contributed by atoms with Gasteiger partial charge < -0.3 is 4.90 Å². The lowest BCUT2D eigenvalue weighted by atomic mass is 10.0. The van der Waals surface area contributed by atoms with E-state index in [0.29, 0.717) is 0 Å². The Bertz CT molecular complexity index is 731. The van der Waals surface area contributed by atoms with E-state index in [9.17, 15) is 0 Å². The Kier molecular flexibility index (Phi) is 4.97. The van der Waals surface area contributed by atoms with Crippen LogP contribution in [0.25, 0.3) is 5.69 Å². The first-order valence-corrected chi connectivity index (χ1v) is 9.07. The Hall–Kier alpha value is -1.46. The van der Waals surface area contributed by atoms with E-state index >= 15 is 0 Å². The molecule has 0 radical (unpaired) electrons. The van der Waals surface area contributed by atoms with E-state index in [1.54, 1.807) is 4.90 Å². The Morgan fingerprint density at radius 1 is 1.30 bits per heavy atom. The average Bonchev–Trinajstić information content (AvgIpc) is 2.91. The van der Waals surface area contributed by atoms with Crippen LogP contribution in [0.5, 0.6) is 0 Å². The van der Waals surface area contributed by atoms with Gasteiger partial charge in [-0.15, -0.1) is 0 Å². The van der Waals surface area contributed by atoms with Gasteiger partial charge in [0.15, 0.2) is 6.67 Å². The summed E-state index contributed by atoms with van der Waals surface area (Å²) < 4.78 is 4.84. The summed E-state index contributed by atoms with van der Waals surface area (Å²) in [5.41, 5.74) is 3.61. The van der Waals surface area contributed by atoms with E-state index in [4.69, 9.17) is 12.2 Å². The van der Waals surface area contributed by atoms with Crippen molar-refractivity contribution in [1.82, 2.24) is 14.3 Å². The zero-order valence-corrected chi connectivity index (χ0v) is 15.2. The van der Waals surface area contributed by atoms with Crippen molar-refractivity contribution < 1.29 is 4.90 Å². The second kappa shape index (κ2) is 6.97. The van der Waals surface area contributed by atoms with Crippen molar-refractivity contribution in [1.29, 1.82) is 0 Å². The second-order valence-electron chi connectivity index (χ2n) is 6.74. The third-order valence-corrected chi connectivity index (χ3v) is 5.49. The van der Waals surface area contributed by atoms with Gasteiger partial charge in [0, 0.05) is 0 Å². The van der Waals surface area contributed by atoms with Crippen molar-refractivity contribution in [3.8, 4) is 5.69 Å². The van der Waals surface area contributed by atoms with Crippen molar-refractivity contribution >= 4 is 12.2 Å². The largest absolute Gasteiger partial charge is 0.314 e. The fourth-order valence-electron chi connectivity index (χ4n) is 3.63. The zero-order valence-electron chi connectivity index (χ0n) is 14.4. The van der Waals surface area contributed by atoms with Gasteiger partial charge in [-0.2, -0.15) is 9.78 Å². The number of piperidine rings is 1. The number of likely N-dealkylation sites (tertiary alicyclic amines) is 1. The molecule has 1 saturated heterocycles. The van der Waals surface area contributed by atoms with Gasteiger partial charge in [0.1, 0.15) is 6.33 Å². The number of aryl methyl sites for hydroxylation is 2. The van der Waals surface area contributed by atoms with Gasteiger partial charge >= 0.3 is 0 Å². The van der Waals surface area contributed by atoms with E-state index in [0.717, 1.165) is 23.2 Å². The molecule has 1 N–H and O–H groups in total. The van der Waals surface area contributed by atoms with Gasteiger partial charge in [0.25, 0.3) is 0 Å². The van der Waals surface area contributed by atoms with Gasteiger partial charge in [0.05, 0.1) is 18.3 Å². The summed E-state index contributed by atoms with van der Waals surface area (Å²) in [4.78, 5) is 1.63. The monoisotopic (exact) mass is 331 g/mol. The van der Waals surface area contributed by atoms with Crippen LogP contribution in [0.1, 0.15) is 43.7 Å². The molecule has 1 aromatic heterocycles. The van der Waals surface area contributed by atoms with E-state index in [1.165, 1.54) is 43.4 Å². The molecule has 3 rings (SSSR count). The zero-order chi connectivity index (χ0) is 16.4. The van der Waals surface area contributed by atoms with Gasteiger partial charge in [-0.05, 0) is 68.9 Å². The predicted molar refractivity (Wildman–Crippen MR) is 95.6 cm³/mol. The van der Waals surface area contributed by atoms with Crippen molar-refractivity contribution in [3.63, 3.8) is 0 Å². The molecule has 1 unspecified atom stereocenters. The SMILES string of the molecule is CC[C@H]1CCCC[NH+]1Cn1ncn(-c2cc(C)ccc2C)c1=S. The lowest BCUT2D eigenvalue weighted by Crippen LogP contribution is -3.15. The Balaban J connectivity index is 1.87. The number of quaternary nitrogens is 1. The molecule has 0 aliphatic carbocycles. The van der Waals surface area contributed by atoms with Crippen LogP contribution in [0, 0.1) is 18.6 Å². The maximum atomic E-state index is 5.70. The van der Waals surface area contributed by atoms with E-state index in [2.05, 4.69) is 44.1 Å². The fraction of sp³-hybridized carbons (Fsp3) is 0.556.